The third-order valence-electron chi connectivity index (χ3n) is 6.03. The summed E-state index contributed by atoms with van der Waals surface area (Å²) in [7, 11) is -0.325. The predicted octanol–water partition coefficient (Wildman–Crippen LogP) is 7.89. The molecular weight excluding hydrogens is 421 g/mol. The van der Waals surface area contributed by atoms with Gasteiger partial charge in [0.15, 0.2) is 6.33 Å². The topological polar surface area (TPSA) is 20.8 Å². The number of allylic oxidation sites excluding steroid dienone is 3. The standard InChI is InChI=1S/C29H43N3P/c1-21(2)24-14-12-15-25(22(3)4)27(24)32-18-17-31(20-32)26-16-11-13-23(30-26)19-33(28(5,6)7)29(8,9)10/h11-22,30H,1-10H3/q+1/b23-19+. The Balaban J connectivity index is 1.96. The molecule has 0 fully saturated rings. The molecule has 0 amide bonds. The zero-order valence-corrected chi connectivity index (χ0v) is 23.2. The second-order valence-corrected chi connectivity index (χ2v) is 15.3. The highest BCUT2D eigenvalue weighted by atomic mass is 31.1. The molecule has 3 nitrogen and oxygen atoms in total. The van der Waals surface area contributed by atoms with Crippen molar-refractivity contribution >= 4 is 13.7 Å². The van der Waals surface area contributed by atoms with E-state index in [1.165, 1.54) is 22.5 Å². The quantitative estimate of drug-likeness (QED) is 0.352. The van der Waals surface area contributed by atoms with Crippen molar-refractivity contribution in [1.29, 1.82) is 0 Å². The fourth-order valence-electron chi connectivity index (χ4n) is 4.67. The van der Waals surface area contributed by atoms with Crippen molar-refractivity contribution in [2.75, 3.05) is 0 Å². The second kappa shape index (κ2) is 9.63. The van der Waals surface area contributed by atoms with Crippen LogP contribution in [0.5, 0.6) is 0 Å². The summed E-state index contributed by atoms with van der Waals surface area (Å²) in [5.74, 6) is 4.48. The molecule has 1 aromatic carbocycles. The Labute approximate surface area is 203 Å². The van der Waals surface area contributed by atoms with E-state index in [9.17, 15) is 0 Å². The van der Waals surface area contributed by atoms with E-state index in [-0.39, 0.29) is 18.2 Å². The Bertz CT molecular complexity index is 1030. The molecule has 1 aliphatic rings. The zero-order valence-electron chi connectivity index (χ0n) is 22.3. The normalized spacial score (nSPS) is 16.2. The summed E-state index contributed by atoms with van der Waals surface area (Å²) in [5.41, 5.74) is 5.27. The number of para-hydroxylation sites is 1. The van der Waals surface area contributed by atoms with Crippen LogP contribution in [0.2, 0.25) is 0 Å². The highest BCUT2D eigenvalue weighted by Crippen LogP contribution is 2.60. The van der Waals surface area contributed by atoms with E-state index in [2.05, 4.69) is 145 Å². The van der Waals surface area contributed by atoms with Gasteiger partial charge in [0.25, 0.3) is 0 Å². The average molecular weight is 465 g/mol. The minimum absolute atomic E-state index is 0.252. The molecule has 2 aromatic rings. The fourth-order valence-corrected chi connectivity index (χ4v) is 7.89. The number of nitrogens with zero attached hydrogens (tertiary/aromatic N) is 2. The van der Waals surface area contributed by atoms with Crippen LogP contribution in [0.4, 0.5) is 0 Å². The minimum atomic E-state index is -0.325. The Hall–Kier alpha value is -2.12. The molecule has 178 valence electrons. The number of benzene rings is 1. The molecule has 0 unspecified atom stereocenters. The van der Waals surface area contributed by atoms with Crippen molar-refractivity contribution in [1.82, 2.24) is 9.88 Å². The number of rotatable bonds is 5. The lowest BCUT2D eigenvalue weighted by molar-refractivity contribution is -0.584. The number of hydrogen-bond acceptors (Lipinski definition) is 1. The molecule has 1 N–H and O–H groups in total. The summed E-state index contributed by atoms with van der Waals surface area (Å²) < 4.78 is 4.47. The largest absolute Gasteiger partial charge is 0.273 e. The number of dihydropyridines is 1. The van der Waals surface area contributed by atoms with Gasteiger partial charge >= 0.3 is 0 Å². The smallest absolute Gasteiger partial charge is 0.230 e. The highest BCUT2D eigenvalue weighted by Gasteiger charge is 2.33. The predicted molar refractivity (Wildman–Crippen MR) is 145 cm³/mol. The van der Waals surface area contributed by atoms with E-state index in [0.717, 1.165) is 5.82 Å². The first-order valence-electron chi connectivity index (χ1n) is 12.2. The third kappa shape index (κ3) is 5.87. The summed E-state index contributed by atoms with van der Waals surface area (Å²) in [4.78, 5) is 0. The van der Waals surface area contributed by atoms with Crippen LogP contribution in [0.3, 0.4) is 0 Å². The summed E-state index contributed by atoms with van der Waals surface area (Å²) in [6.07, 6.45) is 13.0. The Morgan fingerprint density at radius 3 is 2.03 bits per heavy atom. The molecule has 0 atom stereocenters. The zero-order chi connectivity index (χ0) is 24.6. The lowest BCUT2D eigenvalue weighted by Crippen LogP contribution is -2.38. The Morgan fingerprint density at radius 1 is 0.939 bits per heavy atom. The van der Waals surface area contributed by atoms with Crippen LogP contribution in [0, 0.1) is 0 Å². The van der Waals surface area contributed by atoms with Crippen molar-refractivity contribution in [3.8, 4) is 5.69 Å². The fraction of sp³-hybridized carbons (Fsp3) is 0.483. The average Bonchev–Trinajstić information content (AvgIpc) is 3.20. The molecule has 4 heteroatoms. The maximum atomic E-state index is 3.69. The van der Waals surface area contributed by atoms with Crippen LogP contribution in [-0.4, -0.2) is 14.9 Å². The van der Waals surface area contributed by atoms with Crippen LogP contribution in [0.15, 0.2) is 66.7 Å². The number of hydrogen-bond donors (Lipinski definition) is 1. The van der Waals surface area contributed by atoms with Crippen molar-refractivity contribution in [3.05, 3.63) is 77.8 Å². The van der Waals surface area contributed by atoms with Gasteiger partial charge in [0.05, 0.1) is 11.9 Å². The minimum Gasteiger partial charge on any atom is -0.273 e. The van der Waals surface area contributed by atoms with Crippen LogP contribution in [0.25, 0.3) is 11.5 Å². The van der Waals surface area contributed by atoms with E-state index in [1.807, 2.05) is 0 Å². The summed E-state index contributed by atoms with van der Waals surface area (Å²) in [5, 5.41) is 4.19. The molecule has 2 heterocycles. The molecule has 0 aliphatic carbocycles. The van der Waals surface area contributed by atoms with Crippen LogP contribution in [0.1, 0.15) is 92.2 Å². The molecule has 1 aromatic heterocycles. The molecule has 3 rings (SSSR count). The van der Waals surface area contributed by atoms with Crippen molar-refractivity contribution in [3.63, 3.8) is 0 Å². The van der Waals surface area contributed by atoms with Crippen LogP contribution < -0.4 is 9.88 Å². The van der Waals surface area contributed by atoms with E-state index in [1.54, 1.807) is 0 Å². The molecule has 0 bridgehead atoms. The first kappa shape index (κ1) is 25.5. The van der Waals surface area contributed by atoms with E-state index in [0.29, 0.717) is 11.8 Å². The molecule has 0 saturated heterocycles. The van der Waals surface area contributed by atoms with Gasteiger partial charge in [0.1, 0.15) is 11.9 Å². The second-order valence-electron chi connectivity index (χ2n) is 11.7. The summed E-state index contributed by atoms with van der Waals surface area (Å²) in [6, 6.07) is 6.72. The first-order valence-corrected chi connectivity index (χ1v) is 13.6. The molecule has 0 radical (unpaired) electrons. The maximum absolute atomic E-state index is 3.69. The highest BCUT2D eigenvalue weighted by molar-refractivity contribution is 7.64. The van der Waals surface area contributed by atoms with Crippen molar-refractivity contribution < 1.29 is 4.57 Å². The summed E-state index contributed by atoms with van der Waals surface area (Å²) in [6.45, 7) is 23.2. The van der Waals surface area contributed by atoms with Gasteiger partial charge in [-0.15, -0.1) is 0 Å². The van der Waals surface area contributed by atoms with Gasteiger partial charge < -0.3 is 0 Å². The van der Waals surface area contributed by atoms with Gasteiger partial charge in [-0.05, 0) is 45.2 Å². The molecular formula is C29H43N3P+. The maximum Gasteiger partial charge on any atom is 0.230 e. The molecule has 0 saturated carbocycles. The van der Waals surface area contributed by atoms with Crippen LogP contribution >= 0.6 is 7.92 Å². The first-order chi connectivity index (χ1) is 15.3. The number of imidazole rings is 1. The monoisotopic (exact) mass is 464 g/mol. The molecule has 1 aliphatic heterocycles. The number of nitrogens with one attached hydrogen (secondary N) is 1. The van der Waals surface area contributed by atoms with Gasteiger partial charge in [0.2, 0.25) is 5.82 Å². The van der Waals surface area contributed by atoms with Crippen molar-refractivity contribution in [2.45, 2.75) is 91.4 Å². The van der Waals surface area contributed by atoms with E-state index in [4.69, 9.17) is 0 Å². The van der Waals surface area contributed by atoms with Crippen molar-refractivity contribution in [2.24, 2.45) is 0 Å². The van der Waals surface area contributed by atoms with Gasteiger partial charge in [-0.1, -0.05) is 101 Å². The number of aromatic nitrogens is 2. The van der Waals surface area contributed by atoms with Crippen LogP contribution in [-0.2, 0) is 0 Å². The van der Waals surface area contributed by atoms with E-state index >= 15 is 0 Å². The lowest BCUT2D eigenvalue weighted by atomic mass is 9.92. The van der Waals surface area contributed by atoms with Gasteiger partial charge in [0, 0.05) is 6.08 Å². The molecule has 0 spiro atoms. The summed E-state index contributed by atoms with van der Waals surface area (Å²) >= 11 is 0. The van der Waals surface area contributed by atoms with Gasteiger partial charge in [-0.25, -0.2) is 9.13 Å². The lowest BCUT2D eigenvalue weighted by Gasteiger charge is -2.39. The van der Waals surface area contributed by atoms with E-state index < -0.39 is 0 Å². The third-order valence-corrected chi connectivity index (χ3v) is 9.46. The van der Waals surface area contributed by atoms with Gasteiger partial charge in [-0.2, -0.15) is 0 Å². The Morgan fingerprint density at radius 2 is 1.52 bits per heavy atom. The SMILES string of the molecule is CC(C)c1cccc(C(C)C)c1-n1cc[n+](C2=CC=C/C(=C\P(C(C)(C)C)C(C)(C)C)N2)c1. The Kier molecular flexibility index (Phi) is 7.44. The molecule has 33 heavy (non-hydrogen) atoms. The van der Waals surface area contributed by atoms with Gasteiger partial charge in [-0.3, -0.25) is 5.32 Å².